The van der Waals surface area contributed by atoms with Gasteiger partial charge in [0.15, 0.2) is 0 Å². The standard InChI is InChI=1S/C24H24N4O3S/c1-15-13-27(23(30)17-6-3-5-16-14-26(2)24(31)22(16)17)11-10-19(15)28-21(29)9-8-18(25-28)20-7-4-12-32-20/h3-9,12,15,19H,10-11,13-14H2,1-2H3. The van der Waals surface area contributed by atoms with Crippen LogP contribution in [0.1, 0.15) is 45.7 Å². The minimum atomic E-state index is -0.128. The fraction of sp³-hybridized carbons (Fsp3) is 0.333. The Balaban J connectivity index is 1.38. The molecule has 5 rings (SSSR count). The van der Waals surface area contributed by atoms with Gasteiger partial charge in [0.1, 0.15) is 5.69 Å². The SMILES string of the molecule is CC1CN(C(=O)c2cccc3c2C(=O)N(C)C3)CCC1n1nc(-c2cccs2)ccc1=O. The maximum absolute atomic E-state index is 13.3. The number of carbonyl (C=O) groups excluding carboxylic acids is 2. The summed E-state index contributed by atoms with van der Waals surface area (Å²) in [5.74, 6) is -0.178. The summed E-state index contributed by atoms with van der Waals surface area (Å²) in [4.78, 5) is 43.0. The number of thiophene rings is 1. The first-order valence-electron chi connectivity index (χ1n) is 10.7. The van der Waals surface area contributed by atoms with E-state index in [1.54, 1.807) is 51.1 Å². The molecule has 0 saturated carbocycles. The summed E-state index contributed by atoms with van der Waals surface area (Å²) in [5, 5.41) is 6.63. The summed E-state index contributed by atoms with van der Waals surface area (Å²) in [5.41, 5.74) is 2.55. The average Bonchev–Trinajstić information content (AvgIpc) is 3.42. The van der Waals surface area contributed by atoms with Gasteiger partial charge in [-0.25, -0.2) is 4.68 Å². The minimum absolute atomic E-state index is 0.0478. The average molecular weight is 449 g/mol. The van der Waals surface area contributed by atoms with Crippen LogP contribution in [0.4, 0.5) is 0 Å². The van der Waals surface area contributed by atoms with Crippen LogP contribution in [0.5, 0.6) is 0 Å². The largest absolute Gasteiger partial charge is 0.338 e. The number of likely N-dealkylation sites (tertiary alicyclic amines) is 1. The number of aromatic nitrogens is 2. The lowest BCUT2D eigenvalue weighted by Gasteiger charge is -2.37. The second-order valence-corrected chi connectivity index (χ2v) is 9.51. The van der Waals surface area contributed by atoms with Crippen molar-refractivity contribution in [2.24, 2.45) is 5.92 Å². The first-order valence-corrected chi connectivity index (χ1v) is 11.6. The molecule has 0 bridgehead atoms. The third kappa shape index (κ3) is 3.44. The Morgan fingerprint density at radius 2 is 1.97 bits per heavy atom. The number of hydrogen-bond acceptors (Lipinski definition) is 5. The van der Waals surface area contributed by atoms with Crippen molar-refractivity contribution in [1.29, 1.82) is 0 Å². The number of nitrogens with zero attached hydrogens (tertiary/aromatic N) is 4. The van der Waals surface area contributed by atoms with Crippen LogP contribution < -0.4 is 5.56 Å². The summed E-state index contributed by atoms with van der Waals surface area (Å²) in [6, 6.07) is 12.7. The van der Waals surface area contributed by atoms with Crippen LogP contribution in [-0.4, -0.2) is 51.5 Å². The van der Waals surface area contributed by atoms with Gasteiger partial charge in [0.2, 0.25) is 0 Å². The summed E-state index contributed by atoms with van der Waals surface area (Å²) >= 11 is 1.59. The third-order valence-corrected chi connectivity index (χ3v) is 7.30. The van der Waals surface area contributed by atoms with Crippen molar-refractivity contribution in [1.82, 2.24) is 19.6 Å². The van der Waals surface area contributed by atoms with Gasteiger partial charge < -0.3 is 9.80 Å². The van der Waals surface area contributed by atoms with E-state index >= 15 is 0 Å². The lowest BCUT2D eigenvalue weighted by atomic mass is 9.92. The number of rotatable bonds is 3. The fourth-order valence-electron chi connectivity index (χ4n) is 4.75. The molecule has 0 spiro atoms. The molecule has 2 aliphatic rings. The highest BCUT2D eigenvalue weighted by Gasteiger charge is 2.35. The van der Waals surface area contributed by atoms with Crippen LogP contribution in [-0.2, 0) is 6.54 Å². The van der Waals surface area contributed by atoms with E-state index in [-0.39, 0.29) is 29.3 Å². The lowest BCUT2D eigenvalue weighted by Crippen LogP contribution is -2.46. The molecule has 0 aliphatic carbocycles. The summed E-state index contributed by atoms with van der Waals surface area (Å²) in [6.45, 7) is 3.60. The Morgan fingerprint density at radius 3 is 2.72 bits per heavy atom. The summed E-state index contributed by atoms with van der Waals surface area (Å²) in [6.07, 6.45) is 0.635. The van der Waals surface area contributed by atoms with Crippen LogP contribution in [0.15, 0.2) is 52.6 Å². The van der Waals surface area contributed by atoms with Crippen LogP contribution in [0, 0.1) is 5.92 Å². The van der Waals surface area contributed by atoms with Crippen molar-refractivity contribution in [3.8, 4) is 10.6 Å². The van der Waals surface area contributed by atoms with Crippen molar-refractivity contribution in [3.63, 3.8) is 0 Å². The number of amides is 2. The van der Waals surface area contributed by atoms with E-state index in [0.29, 0.717) is 37.2 Å². The highest BCUT2D eigenvalue weighted by atomic mass is 32.1. The molecule has 2 amide bonds. The van der Waals surface area contributed by atoms with E-state index in [2.05, 4.69) is 5.10 Å². The van der Waals surface area contributed by atoms with Crippen molar-refractivity contribution >= 4 is 23.2 Å². The van der Waals surface area contributed by atoms with Gasteiger partial charge in [0.25, 0.3) is 17.4 Å². The molecule has 0 radical (unpaired) electrons. The molecule has 3 aromatic rings. The zero-order chi connectivity index (χ0) is 22.4. The molecular weight excluding hydrogens is 424 g/mol. The predicted molar refractivity (Wildman–Crippen MR) is 123 cm³/mol. The van der Waals surface area contributed by atoms with Crippen LogP contribution in [0.3, 0.4) is 0 Å². The van der Waals surface area contributed by atoms with Gasteiger partial charge in [-0.1, -0.05) is 25.1 Å². The molecule has 32 heavy (non-hydrogen) atoms. The first-order chi connectivity index (χ1) is 15.4. The topological polar surface area (TPSA) is 75.5 Å². The Labute approximate surface area is 189 Å². The number of benzene rings is 1. The Bertz CT molecular complexity index is 1250. The minimum Gasteiger partial charge on any atom is -0.338 e. The van der Waals surface area contributed by atoms with Gasteiger partial charge in [-0.2, -0.15) is 5.10 Å². The normalized spacial score (nSPS) is 20.5. The second kappa shape index (κ2) is 8.02. The van der Waals surface area contributed by atoms with E-state index in [4.69, 9.17) is 0 Å². The van der Waals surface area contributed by atoms with Crippen molar-refractivity contribution in [2.75, 3.05) is 20.1 Å². The second-order valence-electron chi connectivity index (χ2n) is 8.56. The molecule has 1 aromatic carbocycles. The smallest absolute Gasteiger partial charge is 0.267 e. The lowest BCUT2D eigenvalue weighted by molar-refractivity contribution is 0.0602. The maximum atomic E-state index is 13.3. The van der Waals surface area contributed by atoms with Crippen LogP contribution in [0.25, 0.3) is 10.6 Å². The van der Waals surface area contributed by atoms with E-state index in [1.165, 1.54) is 0 Å². The zero-order valence-corrected chi connectivity index (χ0v) is 18.8. The molecule has 1 saturated heterocycles. The molecule has 2 aromatic heterocycles. The zero-order valence-electron chi connectivity index (χ0n) is 18.0. The van der Waals surface area contributed by atoms with Gasteiger partial charge in [-0.05, 0) is 41.5 Å². The van der Waals surface area contributed by atoms with E-state index in [9.17, 15) is 14.4 Å². The maximum Gasteiger partial charge on any atom is 0.267 e. The Morgan fingerprint density at radius 1 is 1.12 bits per heavy atom. The molecule has 2 unspecified atom stereocenters. The van der Waals surface area contributed by atoms with Gasteiger partial charge in [0.05, 0.1) is 22.0 Å². The number of fused-ring (bicyclic) bond motifs is 1. The molecule has 164 valence electrons. The molecule has 2 atom stereocenters. The molecule has 8 heteroatoms. The molecule has 2 aliphatic heterocycles. The van der Waals surface area contributed by atoms with Gasteiger partial charge in [-0.15, -0.1) is 11.3 Å². The van der Waals surface area contributed by atoms with Crippen LogP contribution >= 0.6 is 11.3 Å². The quantitative estimate of drug-likeness (QED) is 0.616. The van der Waals surface area contributed by atoms with Gasteiger partial charge >= 0.3 is 0 Å². The molecule has 4 heterocycles. The third-order valence-electron chi connectivity index (χ3n) is 6.41. The Kier molecular flexibility index (Phi) is 5.17. The molecular formula is C24H24N4O3S. The molecule has 1 fully saturated rings. The molecule has 7 nitrogen and oxygen atoms in total. The monoisotopic (exact) mass is 448 g/mol. The van der Waals surface area contributed by atoms with E-state index in [1.807, 2.05) is 36.6 Å². The first kappa shape index (κ1) is 20.6. The number of hydrogen-bond donors (Lipinski definition) is 0. The van der Waals surface area contributed by atoms with Gasteiger partial charge in [-0.3, -0.25) is 14.4 Å². The Hall–Kier alpha value is -3.26. The fourth-order valence-corrected chi connectivity index (χ4v) is 5.44. The highest BCUT2D eigenvalue weighted by molar-refractivity contribution is 7.13. The van der Waals surface area contributed by atoms with Crippen molar-refractivity contribution < 1.29 is 9.59 Å². The molecule has 0 N–H and O–H groups in total. The van der Waals surface area contributed by atoms with Crippen molar-refractivity contribution in [3.05, 3.63) is 74.9 Å². The van der Waals surface area contributed by atoms with E-state index < -0.39 is 0 Å². The van der Waals surface area contributed by atoms with Gasteiger partial charge in [0, 0.05) is 32.7 Å². The van der Waals surface area contributed by atoms with Crippen LogP contribution in [0.2, 0.25) is 0 Å². The summed E-state index contributed by atoms with van der Waals surface area (Å²) in [7, 11) is 1.75. The number of carbonyl (C=O) groups is 2. The highest BCUT2D eigenvalue weighted by Crippen LogP contribution is 2.31. The van der Waals surface area contributed by atoms with Crippen molar-refractivity contribution in [2.45, 2.75) is 25.9 Å². The number of piperidine rings is 1. The summed E-state index contributed by atoms with van der Waals surface area (Å²) < 4.78 is 1.58. The predicted octanol–water partition coefficient (Wildman–Crippen LogP) is 3.28. The van der Waals surface area contributed by atoms with E-state index in [0.717, 1.165) is 16.1 Å².